The Morgan fingerprint density at radius 2 is 2.11 bits per heavy atom. The summed E-state index contributed by atoms with van der Waals surface area (Å²) in [5, 5.41) is 22.0. The third-order valence-corrected chi connectivity index (χ3v) is 3.27. The zero-order valence-corrected chi connectivity index (χ0v) is 12.4. The Kier molecular flexibility index (Phi) is 6.07. The van der Waals surface area contributed by atoms with Crippen molar-refractivity contribution in [3.63, 3.8) is 0 Å². The van der Waals surface area contributed by atoms with Gasteiger partial charge in [-0.05, 0) is 38.0 Å². The van der Waals surface area contributed by atoms with Crippen molar-refractivity contribution in [1.82, 2.24) is 5.32 Å². The highest BCUT2D eigenvalue weighted by Crippen LogP contribution is 2.25. The van der Waals surface area contributed by atoms with Crippen LogP contribution in [0.5, 0.6) is 5.75 Å². The number of aliphatic hydroxyl groups is 2. The summed E-state index contributed by atoms with van der Waals surface area (Å²) < 4.78 is 5.11. The SMILES string of the molecule is COc1ccc(CC(C)(C)NC[C@@H](O)CO)c(Cl)c1. The van der Waals surface area contributed by atoms with E-state index < -0.39 is 6.10 Å². The molecule has 0 saturated heterocycles. The fourth-order valence-electron chi connectivity index (χ4n) is 1.80. The van der Waals surface area contributed by atoms with Gasteiger partial charge in [0, 0.05) is 17.1 Å². The molecule has 0 aromatic heterocycles. The summed E-state index contributed by atoms with van der Waals surface area (Å²) in [7, 11) is 1.60. The minimum absolute atomic E-state index is 0.228. The summed E-state index contributed by atoms with van der Waals surface area (Å²) in [4.78, 5) is 0. The van der Waals surface area contributed by atoms with Crippen molar-refractivity contribution in [2.75, 3.05) is 20.3 Å². The predicted octanol–water partition coefficient (Wildman–Crippen LogP) is 1.61. The molecule has 108 valence electrons. The average Bonchev–Trinajstić information content (AvgIpc) is 2.38. The molecular formula is C14H22ClNO3. The van der Waals surface area contributed by atoms with Crippen molar-refractivity contribution in [2.24, 2.45) is 0 Å². The minimum Gasteiger partial charge on any atom is -0.497 e. The Hall–Kier alpha value is -0.810. The monoisotopic (exact) mass is 287 g/mol. The topological polar surface area (TPSA) is 61.7 Å². The lowest BCUT2D eigenvalue weighted by Crippen LogP contribution is -2.45. The molecule has 19 heavy (non-hydrogen) atoms. The Balaban J connectivity index is 2.66. The molecule has 0 amide bonds. The van der Waals surface area contributed by atoms with E-state index in [0.717, 1.165) is 11.3 Å². The maximum atomic E-state index is 9.36. The van der Waals surface area contributed by atoms with Crippen LogP contribution in [0.4, 0.5) is 0 Å². The summed E-state index contributed by atoms with van der Waals surface area (Å²) in [6.45, 7) is 4.15. The van der Waals surface area contributed by atoms with Crippen LogP contribution in [0.3, 0.4) is 0 Å². The van der Waals surface area contributed by atoms with Gasteiger partial charge in [0.15, 0.2) is 0 Å². The maximum absolute atomic E-state index is 9.36. The van der Waals surface area contributed by atoms with Crippen LogP contribution in [0, 0.1) is 0 Å². The van der Waals surface area contributed by atoms with E-state index in [1.807, 2.05) is 26.0 Å². The summed E-state index contributed by atoms with van der Waals surface area (Å²) in [5.41, 5.74) is 0.785. The van der Waals surface area contributed by atoms with Crippen molar-refractivity contribution in [2.45, 2.75) is 31.9 Å². The number of β-amino-alcohol motifs (C(OH)–C–C–N with tert-alkyl or cyclic N) is 1. The number of hydrogen-bond donors (Lipinski definition) is 3. The van der Waals surface area contributed by atoms with Crippen molar-refractivity contribution >= 4 is 11.6 Å². The average molecular weight is 288 g/mol. The van der Waals surface area contributed by atoms with Gasteiger partial charge in [-0.1, -0.05) is 17.7 Å². The first-order valence-electron chi connectivity index (χ1n) is 6.24. The smallest absolute Gasteiger partial charge is 0.120 e. The van der Waals surface area contributed by atoms with Gasteiger partial charge >= 0.3 is 0 Å². The molecule has 0 spiro atoms. The molecule has 3 N–H and O–H groups in total. The molecule has 0 aliphatic heterocycles. The van der Waals surface area contributed by atoms with E-state index in [-0.39, 0.29) is 12.1 Å². The highest BCUT2D eigenvalue weighted by Gasteiger charge is 2.20. The zero-order valence-electron chi connectivity index (χ0n) is 11.6. The fourth-order valence-corrected chi connectivity index (χ4v) is 2.03. The number of aliphatic hydroxyl groups excluding tert-OH is 2. The van der Waals surface area contributed by atoms with E-state index in [9.17, 15) is 5.11 Å². The third-order valence-electron chi connectivity index (χ3n) is 2.92. The van der Waals surface area contributed by atoms with Crippen LogP contribution in [0.25, 0.3) is 0 Å². The summed E-state index contributed by atoms with van der Waals surface area (Å²) in [5.74, 6) is 0.732. The van der Waals surface area contributed by atoms with Crippen LogP contribution in [0.2, 0.25) is 5.02 Å². The molecule has 0 unspecified atom stereocenters. The van der Waals surface area contributed by atoms with E-state index in [4.69, 9.17) is 21.4 Å². The Bertz CT molecular complexity index is 410. The lowest BCUT2D eigenvalue weighted by molar-refractivity contribution is 0.0877. The van der Waals surface area contributed by atoms with Crippen LogP contribution >= 0.6 is 11.6 Å². The van der Waals surface area contributed by atoms with Crippen LogP contribution in [0.1, 0.15) is 19.4 Å². The summed E-state index contributed by atoms with van der Waals surface area (Å²) in [6, 6.07) is 5.60. The Labute approximate surface area is 119 Å². The number of methoxy groups -OCH3 is 1. The number of rotatable bonds is 7. The second-order valence-corrected chi connectivity index (χ2v) is 5.64. The highest BCUT2D eigenvalue weighted by molar-refractivity contribution is 6.31. The molecule has 0 aliphatic rings. The van der Waals surface area contributed by atoms with Crippen molar-refractivity contribution in [1.29, 1.82) is 0 Å². The lowest BCUT2D eigenvalue weighted by atomic mass is 9.94. The van der Waals surface area contributed by atoms with Gasteiger partial charge in [-0.2, -0.15) is 0 Å². The lowest BCUT2D eigenvalue weighted by Gasteiger charge is -2.28. The number of ether oxygens (including phenoxy) is 1. The van der Waals surface area contributed by atoms with Gasteiger partial charge in [-0.3, -0.25) is 0 Å². The summed E-state index contributed by atoms with van der Waals surface area (Å²) in [6.07, 6.45) is -0.0286. The Morgan fingerprint density at radius 3 is 2.63 bits per heavy atom. The highest BCUT2D eigenvalue weighted by atomic mass is 35.5. The fraction of sp³-hybridized carbons (Fsp3) is 0.571. The van der Waals surface area contributed by atoms with E-state index in [0.29, 0.717) is 18.0 Å². The first-order chi connectivity index (χ1) is 8.88. The first kappa shape index (κ1) is 16.2. The van der Waals surface area contributed by atoms with Crippen LogP contribution in [-0.4, -0.2) is 42.1 Å². The van der Waals surface area contributed by atoms with Gasteiger partial charge < -0.3 is 20.3 Å². The van der Waals surface area contributed by atoms with Gasteiger partial charge in [-0.25, -0.2) is 0 Å². The molecule has 1 atom stereocenters. The van der Waals surface area contributed by atoms with Crippen LogP contribution in [0.15, 0.2) is 18.2 Å². The molecule has 5 heteroatoms. The summed E-state index contributed by atoms with van der Waals surface area (Å²) >= 11 is 6.21. The molecule has 1 aromatic carbocycles. The zero-order chi connectivity index (χ0) is 14.5. The molecule has 1 aromatic rings. The van der Waals surface area contributed by atoms with E-state index >= 15 is 0 Å². The van der Waals surface area contributed by atoms with E-state index in [2.05, 4.69) is 5.32 Å². The third kappa shape index (κ3) is 5.37. The molecule has 0 bridgehead atoms. The molecule has 1 rings (SSSR count). The number of halogens is 1. The van der Waals surface area contributed by atoms with Gasteiger partial charge in [0.25, 0.3) is 0 Å². The van der Waals surface area contributed by atoms with Crippen LogP contribution in [-0.2, 0) is 6.42 Å². The largest absolute Gasteiger partial charge is 0.497 e. The standard InChI is InChI=1S/C14H22ClNO3/c1-14(2,16-8-11(18)9-17)7-10-4-5-12(19-3)6-13(10)15/h4-6,11,16-18H,7-9H2,1-3H3/t11-/m1/s1. The molecule has 0 aliphatic carbocycles. The first-order valence-corrected chi connectivity index (χ1v) is 6.62. The van der Waals surface area contributed by atoms with Gasteiger partial charge in [0.2, 0.25) is 0 Å². The minimum atomic E-state index is -0.745. The normalized spacial score (nSPS) is 13.4. The maximum Gasteiger partial charge on any atom is 0.120 e. The van der Waals surface area contributed by atoms with Gasteiger partial charge in [0.1, 0.15) is 5.75 Å². The predicted molar refractivity (Wildman–Crippen MR) is 76.9 cm³/mol. The van der Waals surface area contributed by atoms with Crippen LogP contribution < -0.4 is 10.1 Å². The van der Waals surface area contributed by atoms with E-state index in [1.165, 1.54) is 0 Å². The van der Waals surface area contributed by atoms with Crippen molar-refractivity contribution < 1.29 is 14.9 Å². The molecule has 0 fully saturated rings. The molecule has 4 nitrogen and oxygen atoms in total. The molecular weight excluding hydrogens is 266 g/mol. The quantitative estimate of drug-likeness (QED) is 0.713. The second kappa shape index (κ2) is 7.10. The van der Waals surface area contributed by atoms with Gasteiger partial charge in [0.05, 0.1) is 19.8 Å². The number of benzene rings is 1. The second-order valence-electron chi connectivity index (χ2n) is 5.24. The number of hydrogen-bond acceptors (Lipinski definition) is 4. The number of nitrogens with one attached hydrogen (secondary N) is 1. The molecule has 0 radical (unpaired) electrons. The van der Waals surface area contributed by atoms with Crippen molar-refractivity contribution in [3.05, 3.63) is 28.8 Å². The van der Waals surface area contributed by atoms with E-state index in [1.54, 1.807) is 13.2 Å². The molecule has 0 heterocycles. The molecule has 0 saturated carbocycles. The van der Waals surface area contributed by atoms with Gasteiger partial charge in [-0.15, -0.1) is 0 Å². The Morgan fingerprint density at radius 1 is 1.42 bits per heavy atom. The van der Waals surface area contributed by atoms with Crippen molar-refractivity contribution in [3.8, 4) is 5.75 Å².